The Morgan fingerprint density at radius 1 is 1.00 bits per heavy atom. The highest BCUT2D eigenvalue weighted by Crippen LogP contribution is 2.09. The van der Waals surface area contributed by atoms with Gasteiger partial charge < -0.3 is 15.1 Å². The molecule has 3 heterocycles. The van der Waals surface area contributed by atoms with Crippen LogP contribution < -0.4 is 5.32 Å². The van der Waals surface area contributed by atoms with E-state index < -0.39 is 0 Å². The molecule has 0 bridgehead atoms. The van der Waals surface area contributed by atoms with Gasteiger partial charge >= 0.3 is 0 Å². The highest BCUT2D eigenvalue weighted by atomic mass is 16.2. The van der Waals surface area contributed by atoms with Crippen molar-refractivity contribution in [2.24, 2.45) is 0 Å². The summed E-state index contributed by atoms with van der Waals surface area (Å²) in [6, 6.07) is 7.24. The minimum absolute atomic E-state index is 0.0384. The van der Waals surface area contributed by atoms with E-state index in [2.05, 4.69) is 20.5 Å². The number of nitrogens with one attached hydrogen (secondary N) is 1. The first-order chi connectivity index (χ1) is 12.1. The lowest BCUT2D eigenvalue weighted by atomic mass is 10.2. The lowest BCUT2D eigenvalue weighted by molar-refractivity contribution is -0.130. The van der Waals surface area contributed by atoms with Crippen LogP contribution in [0.15, 0.2) is 36.7 Å². The smallest absolute Gasteiger partial charge is 0.274 e. The van der Waals surface area contributed by atoms with Crippen molar-refractivity contribution in [3.8, 4) is 0 Å². The van der Waals surface area contributed by atoms with Gasteiger partial charge in [0.15, 0.2) is 5.69 Å². The average Bonchev–Trinajstić information content (AvgIpc) is 2.67. The largest absolute Gasteiger partial charge is 0.365 e. The second-order valence-electron chi connectivity index (χ2n) is 5.81. The van der Waals surface area contributed by atoms with E-state index in [0.717, 1.165) is 5.56 Å². The fourth-order valence-corrected chi connectivity index (χ4v) is 2.62. The van der Waals surface area contributed by atoms with Crippen LogP contribution in [-0.4, -0.2) is 63.0 Å². The molecule has 0 aromatic carbocycles. The first kappa shape index (κ1) is 16.8. The van der Waals surface area contributed by atoms with Crippen LogP contribution >= 0.6 is 0 Å². The molecule has 0 aliphatic carbocycles. The summed E-state index contributed by atoms with van der Waals surface area (Å²) < 4.78 is 0. The molecule has 1 fully saturated rings. The predicted octanol–water partition coefficient (Wildman–Crippen LogP) is 0.788. The zero-order valence-corrected chi connectivity index (χ0v) is 14.1. The highest BCUT2D eigenvalue weighted by Gasteiger charge is 2.24. The van der Waals surface area contributed by atoms with Crippen LogP contribution in [0.2, 0.25) is 0 Å². The number of carbonyl (C=O) groups excluding carboxylic acids is 2. The Balaban J connectivity index is 1.55. The number of aromatic nitrogens is 3. The fourth-order valence-electron chi connectivity index (χ4n) is 2.62. The van der Waals surface area contributed by atoms with Crippen LogP contribution in [-0.2, 0) is 11.3 Å². The average molecular weight is 340 g/mol. The summed E-state index contributed by atoms with van der Waals surface area (Å²) >= 11 is 0. The molecule has 8 nitrogen and oxygen atoms in total. The molecular formula is C17H20N6O2. The Bertz CT molecular complexity index is 727. The van der Waals surface area contributed by atoms with Gasteiger partial charge in [-0.05, 0) is 29.8 Å². The monoisotopic (exact) mass is 340 g/mol. The maximum Gasteiger partial charge on any atom is 0.274 e. The summed E-state index contributed by atoms with van der Waals surface area (Å²) in [4.78, 5) is 31.2. The first-order valence-corrected chi connectivity index (χ1v) is 8.15. The number of anilines is 1. The van der Waals surface area contributed by atoms with Gasteiger partial charge in [-0.1, -0.05) is 0 Å². The maximum atomic E-state index is 12.5. The van der Waals surface area contributed by atoms with E-state index in [1.165, 1.54) is 0 Å². The maximum absolute atomic E-state index is 12.5. The van der Waals surface area contributed by atoms with Gasteiger partial charge in [-0.15, -0.1) is 10.2 Å². The summed E-state index contributed by atoms with van der Waals surface area (Å²) in [5, 5.41) is 11.2. The molecule has 2 amide bonds. The number of amides is 2. The number of piperazine rings is 1. The zero-order valence-electron chi connectivity index (χ0n) is 14.1. The second-order valence-corrected chi connectivity index (χ2v) is 5.81. The van der Waals surface area contributed by atoms with E-state index in [1.807, 2.05) is 12.1 Å². The predicted molar refractivity (Wildman–Crippen MR) is 91.8 cm³/mol. The van der Waals surface area contributed by atoms with Gasteiger partial charge in [0.1, 0.15) is 5.82 Å². The molecule has 2 aromatic rings. The quantitative estimate of drug-likeness (QED) is 0.885. The summed E-state index contributed by atoms with van der Waals surface area (Å²) in [7, 11) is 0. The summed E-state index contributed by atoms with van der Waals surface area (Å²) in [6.45, 7) is 4.29. The summed E-state index contributed by atoms with van der Waals surface area (Å²) in [5.41, 5.74) is 1.39. The van der Waals surface area contributed by atoms with Crippen molar-refractivity contribution in [3.63, 3.8) is 0 Å². The minimum atomic E-state index is -0.156. The van der Waals surface area contributed by atoms with E-state index in [1.54, 1.807) is 41.2 Å². The fraction of sp³-hybridized carbons (Fsp3) is 0.353. The van der Waals surface area contributed by atoms with Crippen LogP contribution in [0.25, 0.3) is 0 Å². The van der Waals surface area contributed by atoms with E-state index in [0.29, 0.717) is 44.2 Å². The molecule has 130 valence electrons. The SMILES string of the molecule is CC(=O)N1CCN(C(=O)c2ccc(NCc3ccncc3)nn2)CC1. The molecular weight excluding hydrogens is 320 g/mol. The number of pyridine rings is 1. The molecule has 1 aliphatic rings. The third kappa shape index (κ3) is 4.28. The van der Waals surface area contributed by atoms with Gasteiger partial charge in [0.25, 0.3) is 5.91 Å². The van der Waals surface area contributed by atoms with Crippen molar-refractivity contribution < 1.29 is 9.59 Å². The number of rotatable bonds is 4. The first-order valence-electron chi connectivity index (χ1n) is 8.15. The van der Waals surface area contributed by atoms with Crippen molar-refractivity contribution in [2.75, 3.05) is 31.5 Å². The topological polar surface area (TPSA) is 91.3 Å². The molecule has 1 aliphatic heterocycles. The molecule has 8 heteroatoms. The summed E-state index contributed by atoms with van der Waals surface area (Å²) in [6.07, 6.45) is 3.46. The van der Waals surface area contributed by atoms with E-state index >= 15 is 0 Å². The van der Waals surface area contributed by atoms with E-state index in [4.69, 9.17) is 0 Å². The lowest BCUT2D eigenvalue weighted by Crippen LogP contribution is -2.50. The Labute approximate surface area is 145 Å². The molecule has 0 atom stereocenters. The molecule has 3 rings (SSSR count). The molecule has 1 saturated heterocycles. The third-order valence-corrected chi connectivity index (χ3v) is 4.12. The van der Waals surface area contributed by atoms with Crippen molar-refractivity contribution >= 4 is 17.6 Å². The molecule has 0 spiro atoms. The summed E-state index contributed by atoms with van der Waals surface area (Å²) in [5.74, 6) is 0.489. The number of hydrogen-bond donors (Lipinski definition) is 1. The number of carbonyl (C=O) groups is 2. The van der Waals surface area contributed by atoms with Gasteiger partial charge in [0.05, 0.1) is 0 Å². The molecule has 0 radical (unpaired) electrons. The zero-order chi connectivity index (χ0) is 17.6. The normalized spacial score (nSPS) is 14.3. The molecule has 25 heavy (non-hydrogen) atoms. The number of hydrogen-bond acceptors (Lipinski definition) is 6. The van der Waals surface area contributed by atoms with Crippen molar-refractivity contribution in [2.45, 2.75) is 13.5 Å². The standard InChI is InChI=1S/C17H20N6O2/c1-13(24)22-8-10-23(11-9-22)17(25)15-2-3-16(21-20-15)19-12-14-4-6-18-7-5-14/h2-7H,8-12H2,1H3,(H,19,21). The third-order valence-electron chi connectivity index (χ3n) is 4.12. The molecule has 0 saturated carbocycles. The van der Waals surface area contributed by atoms with Crippen molar-refractivity contribution in [1.82, 2.24) is 25.0 Å². The van der Waals surface area contributed by atoms with Crippen molar-refractivity contribution in [3.05, 3.63) is 47.9 Å². The van der Waals surface area contributed by atoms with Gasteiger partial charge in [0, 0.05) is 52.0 Å². The molecule has 1 N–H and O–H groups in total. The number of nitrogens with zero attached hydrogens (tertiary/aromatic N) is 5. The molecule has 2 aromatic heterocycles. The lowest BCUT2D eigenvalue weighted by Gasteiger charge is -2.33. The van der Waals surface area contributed by atoms with Crippen LogP contribution in [0.1, 0.15) is 23.0 Å². The van der Waals surface area contributed by atoms with Crippen LogP contribution in [0.3, 0.4) is 0 Å². The Morgan fingerprint density at radius 2 is 1.68 bits per heavy atom. The molecule has 0 unspecified atom stereocenters. The Hall–Kier alpha value is -3.03. The van der Waals surface area contributed by atoms with Gasteiger partial charge in [-0.25, -0.2) is 0 Å². The van der Waals surface area contributed by atoms with Crippen LogP contribution in [0, 0.1) is 0 Å². The Kier molecular flexibility index (Phi) is 5.17. The minimum Gasteiger partial charge on any atom is -0.365 e. The van der Waals surface area contributed by atoms with E-state index in [-0.39, 0.29) is 11.8 Å². The van der Waals surface area contributed by atoms with Gasteiger partial charge in [0.2, 0.25) is 5.91 Å². The van der Waals surface area contributed by atoms with E-state index in [9.17, 15) is 9.59 Å². The van der Waals surface area contributed by atoms with Crippen LogP contribution in [0.5, 0.6) is 0 Å². The van der Waals surface area contributed by atoms with Gasteiger partial charge in [-0.3, -0.25) is 14.6 Å². The second kappa shape index (κ2) is 7.69. The van der Waals surface area contributed by atoms with Crippen molar-refractivity contribution in [1.29, 1.82) is 0 Å². The van der Waals surface area contributed by atoms with Gasteiger partial charge in [-0.2, -0.15) is 0 Å². The van der Waals surface area contributed by atoms with Crippen LogP contribution in [0.4, 0.5) is 5.82 Å². The highest BCUT2D eigenvalue weighted by molar-refractivity contribution is 5.92. The Morgan fingerprint density at radius 3 is 2.28 bits per heavy atom.